The molecular formula is C17H16ClN3OS. The van der Waals surface area contributed by atoms with E-state index in [1.54, 1.807) is 11.8 Å². The number of rotatable bonds is 4. The monoisotopic (exact) mass is 345 g/mol. The summed E-state index contributed by atoms with van der Waals surface area (Å²) in [5.74, 6) is 0.301. The summed E-state index contributed by atoms with van der Waals surface area (Å²) in [7, 11) is 0. The number of nitrogens with two attached hydrogens (primary N) is 1. The van der Waals surface area contributed by atoms with Gasteiger partial charge in [-0.15, -0.1) is 0 Å². The number of nitrogens with zero attached hydrogens (tertiary/aromatic N) is 1. The van der Waals surface area contributed by atoms with Crippen molar-refractivity contribution >= 4 is 35.1 Å². The number of carbonyl (C=O) groups is 1. The normalized spacial score (nSPS) is 17.4. The summed E-state index contributed by atoms with van der Waals surface area (Å²) in [5.41, 5.74) is 8.13. The van der Waals surface area contributed by atoms with Gasteiger partial charge in [-0.1, -0.05) is 41.6 Å². The van der Waals surface area contributed by atoms with Crippen molar-refractivity contribution in [2.75, 3.05) is 5.32 Å². The van der Waals surface area contributed by atoms with Gasteiger partial charge in [0.1, 0.15) is 5.82 Å². The number of thioether (sulfide) groups is 1. The smallest absolute Gasteiger partial charge is 0.247 e. The van der Waals surface area contributed by atoms with Crippen LogP contribution in [0.4, 0.5) is 5.82 Å². The minimum Gasteiger partial charge on any atom is -0.366 e. The highest BCUT2D eigenvalue weighted by atomic mass is 35.5. The van der Waals surface area contributed by atoms with Crippen molar-refractivity contribution in [3.63, 3.8) is 0 Å². The lowest BCUT2D eigenvalue weighted by atomic mass is 10.0. The first kappa shape index (κ1) is 15.9. The van der Waals surface area contributed by atoms with Gasteiger partial charge in [0.05, 0.1) is 5.03 Å². The first-order valence-electron chi connectivity index (χ1n) is 7.18. The molecule has 0 saturated carbocycles. The van der Waals surface area contributed by atoms with Crippen molar-refractivity contribution in [1.29, 1.82) is 0 Å². The number of primary amides is 1. The maximum atomic E-state index is 11.8. The third-order valence-corrected chi connectivity index (χ3v) is 5.11. The zero-order valence-corrected chi connectivity index (χ0v) is 14.1. The Kier molecular flexibility index (Phi) is 4.59. The number of aryl methyl sites for hydroxylation is 1. The van der Waals surface area contributed by atoms with Crippen molar-refractivity contribution in [3.8, 4) is 0 Å². The van der Waals surface area contributed by atoms with Crippen LogP contribution in [-0.2, 0) is 4.79 Å². The molecule has 2 aromatic rings. The van der Waals surface area contributed by atoms with Crippen molar-refractivity contribution in [2.45, 2.75) is 18.6 Å². The van der Waals surface area contributed by atoms with E-state index in [0.717, 1.165) is 16.3 Å². The van der Waals surface area contributed by atoms with Crippen LogP contribution in [0.3, 0.4) is 0 Å². The molecular weight excluding hydrogens is 330 g/mol. The maximum Gasteiger partial charge on any atom is 0.247 e. The number of anilines is 1. The minimum absolute atomic E-state index is 0.114. The van der Waals surface area contributed by atoms with Crippen LogP contribution in [0.25, 0.3) is 0 Å². The molecule has 1 atom stereocenters. The van der Waals surface area contributed by atoms with Crippen molar-refractivity contribution < 1.29 is 4.79 Å². The summed E-state index contributed by atoms with van der Waals surface area (Å²) in [6.45, 7) is 1.92. The zero-order valence-electron chi connectivity index (χ0n) is 12.5. The molecule has 6 heteroatoms. The maximum absolute atomic E-state index is 11.8. The molecule has 0 bridgehead atoms. The highest BCUT2D eigenvalue weighted by molar-refractivity contribution is 8.03. The lowest BCUT2D eigenvalue weighted by Crippen LogP contribution is -2.15. The molecule has 0 fully saturated rings. The van der Waals surface area contributed by atoms with Gasteiger partial charge in [-0.25, -0.2) is 4.98 Å². The molecule has 0 saturated heterocycles. The molecule has 0 aliphatic carbocycles. The van der Waals surface area contributed by atoms with Crippen LogP contribution in [0.1, 0.15) is 22.9 Å². The summed E-state index contributed by atoms with van der Waals surface area (Å²) in [6, 6.07) is 13.4. The Morgan fingerprint density at radius 3 is 2.83 bits per heavy atom. The Morgan fingerprint density at radius 1 is 1.35 bits per heavy atom. The quantitative estimate of drug-likeness (QED) is 0.877. The van der Waals surface area contributed by atoms with Crippen LogP contribution in [-0.4, -0.2) is 10.9 Å². The van der Waals surface area contributed by atoms with Gasteiger partial charge in [0.25, 0.3) is 0 Å². The van der Waals surface area contributed by atoms with E-state index in [2.05, 4.69) is 10.3 Å². The Labute approximate surface area is 144 Å². The van der Waals surface area contributed by atoms with E-state index >= 15 is 0 Å². The summed E-state index contributed by atoms with van der Waals surface area (Å²) < 4.78 is 0. The summed E-state index contributed by atoms with van der Waals surface area (Å²) in [6.07, 6.45) is 0.578. The van der Waals surface area contributed by atoms with Crippen LogP contribution in [0.2, 0.25) is 5.02 Å². The van der Waals surface area contributed by atoms with E-state index in [4.69, 9.17) is 17.3 Å². The van der Waals surface area contributed by atoms with Crippen LogP contribution < -0.4 is 11.1 Å². The first-order chi connectivity index (χ1) is 11.0. The number of pyridine rings is 1. The van der Waals surface area contributed by atoms with Gasteiger partial charge in [-0.3, -0.25) is 4.79 Å². The summed E-state index contributed by atoms with van der Waals surface area (Å²) in [4.78, 5) is 16.2. The van der Waals surface area contributed by atoms with E-state index in [9.17, 15) is 4.79 Å². The zero-order chi connectivity index (χ0) is 16.4. The van der Waals surface area contributed by atoms with Gasteiger partial charge >= 0.3 is 0 Å². The second kappa shape index (κ2) is 6.64. The van der Waals surface area contributed by atoms with E-state index in [1.165, 1.54) is 0 Å². The van der Waals surface area contributed by atoms with E-state index in [-0.39, 0.29) is 5.25 Å². The molecule has 0 radical (unpaired) electrons. The van der Waals surface area contributed by atoms with Gasteiger partial charge in [0.15, 0.2) is 0 Å². The average Bonchev–Trinajstić information content (AvgIpc) is 2.91. The molecule has 3 N–H and O–H groups in total. The molecule has 1 unspecified atom stereocenters. The van der Waals surface area contributed by atoms with Crippen molar-refractivity contribution in [2.24, 2.45) is 5.73 Å². The number of aromatic nitrogens is 1. The standard InChI is InChI=1S/C17H16ClN3OS/c1-10-4-2-7-15(20-10)21-17-13(16(19)22)9-14(23-17)11-5-3-6-12(18)8-11/h2-8,14H,9H2,1H3,(H2,19,22)(H,20,21). The SMILES string of the molecule is Cc1cccc(NC2=C(C(N)=O)CC(c3cccc(Cl)c3)S2)n1. The first-order valence-corrected chi connectivity index (χ1v) is 8.44. The Morgan fingerprint density at radius 2 is 2.13 bits per heavy atom. The largest absolute Gasteiger partial charge is 0.366 e. The second-order valence-corrected chi connectivity index (χ2v) is 6.98. The number of hydrogen-bond donors (Lipinski definition) is 2. The number of nitrogens with one attached hydrogen (secondary N) is 1. The predicted molar refractivity (Wildman–Crippen MR) is 95.2 cm³/mol. The lowest BCUT2D eigenvalue weighted by molar-refractivity contribution is -0.114. The van der Waals surface area contributed by atoms with Gasteiger partial charge in [-0.2, -0.15) is 0 Å². The molecule has 1 aliphatic rings. The molecule has 1 aromatic carbocycles. The third-order valence-electron chi connectivity index (χ3n) is 3.57. The molecule has 1 amide bonds. The highest BCUT2D eigenvalue weighted by Crippen LogP contribution is 2.47. The van der Waals surface area contributed by atoms with Gasteiger partial charge in [-0.05, 0) is 43.2 Å². The number of benzene rings is 1. The van der Waals surface area contributed by atoms with Gasteiger partial charge in [0.2, 0.25) is 5.91 Å². The summed E-state index contributed by atoms with van der Waals surface area (Å²) in [5, 5.41) is 4.79. The fourth-order valence-electron chi connectivity index (χ4n) is 2.47. The van der Waals surface area contributed by atoms with Crippen LogP contribution >= 0.6 is 23.4 Å². The molecule has 3 rings (SSSR count). The van der Waals surface area contributed by atoms with Crippen LogP contribution in [0, 0.1) is 6.92 Å². The van der Waals surface area contributed by atoms with Gasteiger partial charge in [0, 0.05) is 21.5 Å². The van der Waals surface area contributed by atoms with Crippen molar-refractivity contribution in [1.82, 2.24) is 4.98 Å². The van der Waals surface area contributed by atoms with Crippen molar-refractivity contribution in [3.05, 3.63) is 69.3 Å². The fourth-order valence-corrected chi connectivity index (χ4v) is 3.98. The number of amides is 1. The van der Waals surface area contributed by atoms with E-state index < -0.39 is 5.91 Å². The summed E-state index contributed by atoms with van der Waals surface area (Å²) >= 11 is 7.64. The Hall–Kier alpha value is -1.98. The fraction of sp³-hybridized carbons (Fsp3) is 0.176. The minimum atomic E-state index is -0.405. The third kappa shape index (κ3) is 3.68. The molecule has 2 heterocycles. The number of carbonyl (C=O) groups excluding carboxylic acids is 1. The molecule has 23 heavy (non-hydrogen) atoms. The highest BCUT2D eigenvalue weighted by Gasteiger charge is 2.29. The topological polar surface area (TPSA) is 68.0 Å². The molecule has 1 aliphatic heterocycles. The average molecular weight is 346 g/mol. The predicted octanol–water partition coefficient (Wildman–Crippen LogP) is 4.03. The van der Waals surface area contributed by atoms with Crippen LogP contribution in [0.5, 0.6) is 0 Å². The Bertz CT molecular complexity index is 791. The molecule has 1 aromatic heterocycles. The molecule has 4 nitrogen and oxygen atoms in total. The molecule has 0 spiro atoms. The lowest BCUT2D eigenvalue weighted by Gasteiger charge is -2.11. The van der Waals surface area contributed by atoms with E-state index in [0.29, 0.717) is 22.8 Å². The van der Waals surface area contributed by atoms with Crippen LogP contribution in [0.15, 0.2) is 53.1 Å². The van der Waals surface area contributed by atoms with Gasteiger partial charge < -0.3 is 11.1 Å². The number of halogens is 1. The Balaban J connectivity index is 1.85. The second-order valence-electron chi connectivity index (χ2n) is 5.33. The molecule has 118 valence electrons. The number of hydrogen-bond acceptors (Lipinski definition) is 4. The van der Waals surface area contributed by atoms with E-state index in [1.807, 2.05) is 49.4 Å².